The number of hydrogen-bond acceptors (Lipinski definition) is 5. The van der Waals surface area contributed by atoms with E-state index < -0.39 is 0 Å². The molecule has 0 bridgehead atoms. The molecular formula is C20H31N3O2. The molecule has 1 aliphatic carbocycles. The fourth-order valence-electron chi connectivity index (χ4n) is 4.66. The van der Waals surface area contributed by atoms with E-state index in [1.165, 1.54) is 24.1 Å². The maximum Gasteiger partial charge on any atom is 0.225 e. The van der Waals surface area contributed by atoms with E-state index in [0.29, 0.717) is 5.92 Å². The summed E-state index contributed by atoms with van der Waals surface area (Å²) in [5.74, 6) is 1.33. The highest BCUT2D eigenvalue weighted by Gasteiger charge is 2.44. The molecule has 0 saturated carbocycles. The van der Waals surface area contributed by atoms with E-state index in [1.807, 2.05) is 6.20 Å². The van der Waals surface area contributed by atoms with Crippen LogP contribution in [0.5, 0.6) is 0 Å². The van der Waals surface area contributed by atoms with Gasteiger partial charge < -0.3 is 14.7 Å². The van der Waals surface area contributed by atoms with Gasteiger partial charge in [0.1, 0.15) is 0 Å². The first-order valence-electron chi connectivity index (χ1n) is 10.0. The lowest BCUT2D eigenvalue weighted by atomic mass is 9.80. The second-order valence-corrected chi connectivity index (χ2v) is 8.51. The number of aliphatic hydroxyl groups is 1. The number of aromatic nitrogens is 2. The summed E-state index contributed by atoms with van der Waals surface area (Å²) in [6.07, 6.45) is 10.2. The molecule has 138 valence electrons. The molecule has 5 nitrogen and oxygen atoms in total. The third kappa shape index (κ3) is 3.54. The third-order valence-corrected chi connectivity index (χ3v) is 6.27. The highest BCUT2D eigenvalue weighted by atomic mass is 16.5. The van der Waals surface area contributed by atoms with Crippen LogP contribution in [0.2, 0.25) is 0 Å². The molecule has 1 aromatic rings. The van der Waals surface area contributed by atoms with Gasteiger partial charge in [0.05, 0.1) is 17.8 Å². The zero-order valence-corrected chi connectivity index (χ0v) is 15.6. The standard InChI is InChI=1S/C20H31N3O2/c1-14(2)18-11-16(24)12-20(25-18)7-9-23(10-8-20)19-21-13-15-5-3-4-6-17(15)22-19/h13-14,16,18,24H,3-12H2,1-2H3/t16-,18-/m1/s1. The van der Waals surface area contributed by atoms with Gasteiger partial charge in [-0.05, 0) is 56.4 Å². The topological polar surface area (TPSA) is 58.5 Å². The number of anilines is 1. The lowest BCUT2D eigenvalue weighted by Crippen LogP contribution is -2.54. The van der Waals surface area contributed by atoms with Crippen molar-refractivity contribution in [1.29, 1.82) is 0 Å². The molecule has 5 heteroatoms. The van der Waals surface area contributed by atoms with Gasteiger partial charge in [-0.3, -0.25) is 0 Å². The minimum absolute atomic E-state index is 0.155. The van der Waals surface area contributed by atoms with Crippen LogP contribution < -0.4 is 4.90 Å². The molecule has 1 aromatic heterocycles. The summed E-state index contributed by atoms with van der Waals surface area (Å²) in [4.78, 5) is 11.8. The largest absolute Gasteiger partial charge is 0.393 e. The number of hydrogen-bond donors (Lipinski definition) is 1. The Kier molecular flexibility index (Phi) is 4.71. The van der Waals surface area contributed by atoms with Crippen molar-refractivity contribution in [3.63, 3.8) is 0 Å². The zero-order chi connectivity index (χ0) is 17.4. The Morgan fingerprint density at radius 2 is 2.00 bits per heavy atom. The van der Waals surface area contributed by atoms with E-state index in [0.717, 1.165) is 57.6 Å². The Labute approximate surface area is 150 Å². The number of ether oxygens (including phenoxy) is 1. The molecule has 3 aliphatic rings. The fraction of sp³-hybridized carbons (Fsp3) is 0.800. The van der Waals surface area contributed by atoms with Crippen LogP contribution >= 0.6 is 0 Å². The molecule has 1 N–H and O–H groups in total. The van der Waals surface area contributed by atoms with Gasteiger partial charge in [0, 0.05) is 31.4 Å². The summed E-state index contributed by atoms with van der Waals surface area (Å²) in [5, 5.41) is 10.3. The monoisotopic (exact) mass is 345 g/mol. The molecule has 1 spiro atoms. The van der Waals surface area contributed by atoms with Crippen LogP contribution in [0, 0.1) is 5.92 Å². The fourth-order valence-corrected chi connectivity index (χ4v) is 4.66. The van der Waals surface area contributed by atoms with Crippen LogP contribution in [-0.4, -0.2) is 46.0 Å². The number of piperidine rings is 1. The second kappa shape index (κ2) is 6.84. The van der Waals surface area contributed by atoms with E-state index in [9.17, 15) is 5.11 Å². The summed E-state index contributed by atoms with van der Waals surface area (Å²) in [6.45, 7) is 6.20. The van der Waals surface area contributed by atoms with Crippen LogP contribution in [0.4, 0.5) is 5.95 Å². The Morgan fingerprint density at radius 3 is 2.76 bits per heavy atom. The van der Waals surface area contributed by atoms with E-state index in [4.69, 9.17) is 9.72 Å². The molecule has 0 radical (unpaired) electrons. The minimum Gasteiger partial charge on any atom is -0.393 e. The van der Waals surface area contributed by atoms with Gasteiger partial charge in [0.15, 0.2) is 0 Å². The molecule has 2 saturated heterocycles. The van der Waals surface area contributed by atoms with Crippen molar-refractivity contribution in [2.45, 2.75) is 83.0 Å². The van der Waals surface area contributed by atoms with Gasteiger partial charge in [-0.2, -0.15) is 0 Å². The van der Waals surface area contributed by atoms with Gasteiger partial charge in [-0.25, -0.2) is 9.97 Å². The van der Waals surface area contributed by atoms with Crippen LogP contribution in [-0.2, 0) is 17.6 Å². The minimum atomic E-state index is -0.229. The maximum atomic E-state index is 10.3. The number of nitrogens with zero attached hydrogens (tertiary/aromatic N) is 3. The second-order valence-electron chi connectivity index (χ2n) is 8.51. The number of fused-ring (bicyclic) bond motifs is 1. The SMILES string of the molecule is CC(C)[C@H]1C[C@@H](O)CC2(CCN(c3ncc4c(n3)CCCC4)CC2)O1. The first-order valence-corrected chi connectivity index (χ1v) is 10.0. The highest BCUT2D eigenvalue weighted by molar-refractivity contribution is 5.35. The Bertz CT molecular complexity index is 611. The number of aryl methyl sites for hydroxylation is 2. The predicted octanol–water partition coefficient (Wildman–Crippen LogP) is 2.89. The third-order valence-electron chi connectivity index (χ3n) is 6.27. The summed E-state index contributed by atoms with van der Waals surface area (Å²) >= 11 is 0. The average Bonchev–Trinajstić information content (AvgIpc) is 2.61. The summed E-state index contributed by atoms with van der Waals surface area (Å²) in [5.41, 5.74) is 2.43. The molecular weight excluding hydrogens is 314 g/mol. The van der Waals surface area contributed by atoms with Crippen molar-refractivity contribution in [2.75, 3.05) is 18.0 Å². The van der Waals surface area contributed by atoms with Crippen LogP contribution in [0.1, 0.15) is 63.6 Å². The van der Waals surface area contributed by atoms with E-state index >= 15 is 0 Å². The van der Waals surface area contributed by atoms with Crippen molar-refractivity contribution in [2.24, 2.45) is 5.92 Å². The van der Waals surface area contributed by atoms with E-state index in [-0.39, 0.29) is 17.8 Å². The van der Waals surface area contributed by atoms with Crippen LogP contribution in [0.15, 0.2) is 6.20 Å². The molecule has 2 fully saturated rings. The van der Waals surface area contributed by atoms with Gasteiger partial charge in [0.2, 0.25) is 5.95 Å². The molecule has 3 heterocycles. The van der Waals surface area contributed by atoms with Crippen molar-refractivity contribution >= 4 is 5.95 Å². The predicted molar refractivity (Wildman–Crippen MR) is 97.8 cm³/mol. The maximum absolute atomic E-state index is 10.3. The Hall–Kier alpha value is -1.20. The van der Waals surface area contributed by atoms with Crippen LogP contribution in [0.25, 0.3) is 0 Å². The van der Waals surface area contributed by atoms with E-state index in [1.54, 1.807) is 0 Å². The Morgan fingerprint density at radius 1 is 1.24 bits per heavy atom. The van der Waals surface area contributed by atoms with Crippen molar-refractivity contribution in [3.05, 3.63) is 17.5 Å². The summed E-state index contributed by atoms with van der Waals surface area (Å²) < 4.78 is 6.49. The lowest BCUT2D eigenvalue weighted by molar-refractivity contribution is -0.183. The average molecular weight is 345 g/mol. The van der Waals surface area contributed by atoms with Gasteiger partial charge >= 0.3 is 0 Å². The zero-order valence-electron chi connectivity index (χ0n) is 15.6. The quantitative estimate of drug-likeness (QED) is 0.893. The smallest absolute Gasteiger partial charge is 0.225 e. The van der Waals surface area contributed by atoms with Crippen molar-refractivity contribution in [3.8, 4) is 0 Å². The first-order chi connectivity index (χ1) is 12.0. The molecule has 0 aromatic carbocycles. The van der Waals surface area contributed by atoms with Gasteiger partial charge in [-0.1, -0.05) is 13.8 Å². The molecule has 0 amide bonds. The van der Waals surface area contributed by atoms with Crippen LogP contribution in [0.3, 0.4) is 0 Å². The number of aliphatic hydroxyl groups excluding tert-OH is 1. The van der Waals surface area contributed by atoms with Gasteiger partial charge in [-0.15, -0.1) is 0 Å². The Balaban J connectivity index is 1.44. The summed E-state index contributed by atoms with van der Waals surface area (Å²) in [6, 6.07) is 0. The molecule has 0 unspecified atom stereocenters. The first kappa shape index (κ1) is 17.2. The molecule has 2 atom stereocenters. The normalized spacial score (nSPS) is 29.0. The number of rotatable bonds is 2. The molecule has 25 heavy (non-hydrogen) atoms. The molecule has 2 aliphatic heterocycles. The molecule has 4 rings (SSSR count). The van der Waals surface area contributed by atoms with Crippen molar-refractivity contribution < 1.29 is 9.84 Å². The van der Waals surface area contributed by atoms with Crippen molar-refractivity contribution in [1.82, 2.24) is 9.97 Å². The highest BCUT2D eigenvalue weighted by Crippen LogP contribution is 2.40. The van der Waals surface area contributed by atoms with Gasteiger partial charge in [0.25, 0.3) is 0 Å². The van der Waals surface area contributed by atoms with E-state index in [2.05, 4.69) is 23.7 Å². The summed E-state index contributed by atoms with van der Waals surface area (Å²) in [7, 11) is 0. The lowest BCUT2D eigenvalue weighted by Gasteiger charge is -2.48.